The third-order valence-electron chi connectivity index (χ3n) is 3.19. The van der Waals surface area contributed by atoms with Gasteiger partial charge in [0.2, 0.25) is 0 Å². The van der Waals surface area contributed by atoms with Crippen molar-refractivity contribution in [2.75, 3.05) is 0 Å². The van der Waals surface area contributed by atoms with Crippen LogP contribution in [-0.2, 0) is 13.5 Å². The van der Waals surface area contributed by atoms with Crippen molar-refractivity contribution in [3.8, 4) is 0 Å². The molecule has 20 heavy (non-hydrogen) atoms. The Hall–Kier alpha value is -0.400. The van der Waals surface area contributed by atoms with E-state index in [0.717, 1.165) is 25.9 Å². The molecule has 1 heterocycles. The van der Waals surface area contributed by atoms with Crippen molar-refractivity contribution in [3.05, 3.63) is 49.1 Å². The zero-order valence-corrected chi connectivity index (χ0v) is 15.1. The van der Waals surface area contributed by atoms with Gasteiger partial charge in [0.1, 0.15) is 0 Å². The van der Waals surface area contributed by atoms with Gasteiger partial charge < -0.3 is 0 Å². The highest BCUT2D eigenvalue weighted by molar-refractivity contribution is 9.10. The van der Waals surface area contributed by atoms with Crippen molar-refractivity contribution in [1.29, 1.82) is 0 Å². The molecule has 1 aromatic carbocycles. The summed E-state index contributed by atoms with van der Waals surface area (Å²) < 4.78 is 3.83. The van der Waals surface area contributed by atoms with Crippen molar-refractivity contribution < 1.29 is 0 Å². The van der Waals surface area contributed by atoms with Gasteiger partial charge in [-0.3, -0.25) is 16.0 Å². The summed E-state index contributed by atoms with van der Waals surface area (Å²) in [5, 5.41) is 5.08. The average molecular weight is 423 g/mol. The van der Waals surface area contributed by atoms with Crippen molar-refractivity contribution in [1.82, 2.24) is 15.2 Å². The second-order valence-corrected chi connectivity index (χ2v) is 6.67. The maximum atomic E-state index is 6.27. The second kappa shape index (κ2) is 6.58. The molecule has 2 rings (SSSR count). The number of benzene rings is 1. The van der Waals surface area contributed by atoms with E-state index < -0.39 is 0 Å². The first-order valence-corrected chi connectivity index (χ1v) is 7.99. The van der Waals surface area contributed by atoms with E-state index in [1.165, 1.54) is 0 Å². The van der Waals surface area contributed by atoms with Gasteiger partial charge in [-0.05, 0) is 46.6 Å². The third kappa shape index (κ3) is 3.26. The monoisotopic (exact) mass is 420 g/mol. The molecular weight excluding hydrogens is 407 g/mol. The molecule has 0 saturated heterocycles. The predicted molar refractivity (Wildman–Crippen MR) is 88.6 cm³/mol. The lowest BCUT2D eigenvalue weighted by atomic mass is 10.0. The normalized spacial score (nSPS) is 12.7. The average Bonchev–Trinajstić information content (AvgIpc) is 2.65. The van der Waals surface area contributed by atoms with Crippen LogP contribution in [0.3, 0.4) is 0 Å². The van der Waals surface area contributed by atoms with E-state index in [-0.39, 0.29) is 6.04 Å². The number of halogens is 3. The van der Waals surface area contributed by atoms with Crippen LogP contribution >= 0.6 is 43.5 Å². The minimum Gasteiger partial charge on any atom is -0.271 e. The van der Waals surface area contributed by atoms with Crippen molar-refractivity contribution in [2.45, 2.75) is 19.4 Å². The van der Waals surface area contributed by atoms with Gasteiger partial charge in [0.05, 0.1) is 21.9 Å². The summed E-state index contributed by atoms with van der Waals surface area (Å²) in [5.41, 5.74) is 5.81. The Labute approximate surface area is 139 Å². The molecule has 0 aliphatic carbocycles. The number of nitrogens with two attached hydrogens (primary N) is 1. The molecule has 3 N–H and O–H groups in total. The number of rotatable bonds is 4. The van der Waals surface area contributed by atoms with Crippen LogP contribution in [0.4, 0.5) is 0 Å². The van der Waals surface area contributed by atoms with Gasteiger partial charge in [0.15, 0.2) is 0 Å². The molecule has 0 saturated carbocycles. The van der Waals surface area contributed by atoms with Gasteiger partial charge in [0, 0.05) is 23.0 Å². The van der Waals surface area contributed by atoms with E-state index in [0.29, 0.717) is 11.4 Å². The predicted octanol–water partition coefficient (Wildman–Crippen LogP) is 3.65. The lowest BCUT2D eigenvalue weighted by Gasteiger charge is -2.18. The molecule has 7 heteroatoms. The van der Waals surface area contributed by atoms with Crippen molar-refractivity contribution >= 4 is 43.5 Å². The van der Waals surface area contributed by atoms with Gasteiger partial charge in [-0.2, -0.15) is 5.10 Å². The molecule has 0 bridgehead atoms. The lowest BCUT2D eigenvalue weighted by Crippen LogP contribution is -2.30. The molecule has 1 atom stereocenters. The lowest BCUT2D eigenvalue weighted by molar-refractivity contribution is 0.529. The number of hydrogen-bond donors (Lipinski definition) is 2. The first kappa shape index (κ1) is 16.0. The molecule has 1 aromatic heterocycles. The fourth-order valence-electron chi connectivity index (χ4n) is 2.14. The molecule has 0 fully saturated rings. The summed E-state index contributed by atoms with van der Waals surface area (Å²) in [5.74, 6) is 5.71. The van der Waals surface area contributed by atoms with Gasteiger partial charge in [-0.1, -0.05) is 27.5 Å². The minimum absolute atomic E-state index is 0.0916. The third-order valence-corrected chi connectivity index (χ3v) is 5.06. The molecule has 0 spiro atoms. The second-order valence-electron chi connectivity index (χ2n) is 4.56. The molecule has 0 aliphatic rings. The first-order valence-electron chi connectivity index (χ1n) is 6.03. The number of aromatic nitrogens is 2. The van der Waals surface area contributed by atoms with Crippen LogP contribution in [0.2, 0.25) is 5.02 Å². The Morgan fingerprint density at radius 2 is 2.15 bits per heavy atom. The van der Waals surface area contributed by atoms with Gasteiger partial charge in [-0.25, -0.2) is 0 Å². The molecule has 2 aromatic rings. The Kier molecular flexibility index (Phi) is 5.25. The fourth-order valence-corrected chi connectivity index (χ4v) is 3.26. The molecule has 108 valence electrons. The highest BCUT2D eigenvalue weighted by Crippen LogP contribution is 2.30. The molecule has 4 nitrogen and oxygen atoms in total. The summed E-state index contributed by atoms with van der Waals surface area (Å²) in [4.78, 5) is 0. The van der Waals surface area contributed by atoms with Gasteiger partial charge >= 0.3 is 0 Å². The molecule has 0 radical (unpaired) electrons. The molecule has 0 amide bonds. The van der Waals surface area contributed by atoms with E-state index in [2.05, 4.69) is 42.4 Å². The maximum absolute atomic E-state index is 6.27. The SMILES string of the molecule is Cc1nn(C)c(CC(NN)c2cc(Br)ccc2Cl)c1Br. The van der Waals surface area contributed by atoms with E-state index in [1.807, 2.05) is 36.9 Å². The van der Waals surface area contributed by atoms with E-state index in [9.17, 15) is 0 Å². The topological polar surface area (TPSA) is 55.9 Å². The van der Waals surface area contributed by atoms with Crippen LogP contribution in [0, 0.1) is 6.92 Å². The molecule has 0 aliphatic heterocycles. The molecular formula is C13H15Br2ClN4. The summed E-state index contributed by atoms with van der Waals surface area (Å²) in [6.07, 6.45) is 0.685. The fraction of sp³-hybridized carbons (Fsp3) is 0.308. The number of hydrazine groups is 1. The van der Waals surface area contributed by atoms with E-state index >= 15 is 0 Å². The summed E-state index contributed by atoms with van der Waals surface area (Å²) in [6.45, 7) is 1.96. The zero-order chi connectivity index (χ0) is 14.9. The van der Waals surface area contributed by atoms with Crippen molar-refractivity contribution in [2.24, 2.45) is 12.9 Å². The first-order chi connectivity index (χ1) is 9.43. The summed E-state index contributed by atoms with van der Waals surface area (Å²) in [7, 11) is 1.92. The molecule has 1 unspecified atom stereocenters. The van der Waals surface area contributed by atoms with E-state index in [4.69, 9.17) is 17.4 Å². The van der Waals surface area contributed by atoms with Crippen LogP contribution in [0.1, 0.15) is 23.0 Å². The standard InChI is InChI=1S/C13H15Br2ClN4/c1-7-13(15)12(20(2)19-7)6-11(18-17)9-5-8(14)3-4-10(9)16/h3-5,11,18H,6,17H2,1-2H3. The quantitative estimate of drug-likeness (QED) is 0.584. The number of aryl methyl sites for hydroxylation is 2. The number of nitrogens with zero attached hydrogens (tertiary/aromatic N) is 2. The van der Waals surface area contributed by atoms with Gasteiger partial charge in [0.25, 0.3) is 0 Å². The largest absolute Gasteiger partial charge is 0.271 e. The Morgan fingerprint density at radius 3 is 2.70 bits per heavy atom. The number of hydrogen-bond acceptors (Lipinski definition) is 3. The summed E-state index contributed by atoms with van der Waals surface area (Å²) in [6, 6.07) is 5.65. The van der Waals surface area contributed by atoms with Crippen LogP contribution < -0.4 is 11.3 Å². The Morgan fingerprint density at radius 1 is 1.45 bits per heavy atom. The van der Waals surface area contributed by atoms with Crippen LogP contribution in [-0.4, -0.2) is 9.78 Å². The Balaban J connectivity index is 2.36. The minimum atomic E-state index is -0.0916. The highest BCUT2D eigenvalue weighted by atomic mass is 79.9. The zero-order valence-electron chi connectivity index (χ0n) is 11.1. The van der Waals surface area contributed by atoms with Gasteiger partial charge in [-0.15, -0.1) is 0 Å². The maximum Gasteiger partial charge on any atom is 0.0738 e. The van der Waals surface area contributed by atoms with Crippen molar-refractivity contribution in [3.63, 3.8) is 0 Å². The van der Waals surface area contributed by atoms with Crippen LogP contribution in [0.5, 0.6) is 0 Å². The number of nitrogens with one attached hydrogen (secondary N) is 1. The summed E-state index contributed by atoms with van der Waals surface area (Å²) >= 11 is 13.3. The van der Waals surface area contributed by atoms with Crippen LogP contribution in [0.25, 0.3) is 0 Å². The smallest absolute Gasteiger partial charge is 0.0738 e. The highest BCUT2D eigenvalue weighted by Gasteiger charge is 2.19. The van der Waals surface area contributed by atoms with Crippen LogP contribution in [0.15, 0.2) is 27.1 Å². The Bertz CT molecular complexity index is 627. The van der Waals surface area contributed by atoms with E-state index in [1.54, 1.807) is 0 Å².